The summed E-state index contributed by atoms with van der Waals surface area (Å²) in [7, 11) is 0. The number of alkyl halides is 3. The second-order valence-corrected chi connectivity index (χ2v) is 7.10. The number of carbonyl (C=O) groups excluding carboxylic acids is 1. The molecule has 0 unspecified atom stereocenters. The van der Waals surface area contributed by atoms with E-state index in [1.807, 2.05) is 52.9 Å². The van der Waals surface area contributed by atoms with Crippen LogP contribution in [0.3, 0.4) is 0 Å². The quantitative estimate of drug-likeness (QED) is 0.681. The lowest BCUT2D eigenvalue weighted by atomic mass is 9.88. The van der Waals surface area contributed by atoms with Crippen LogP contribution in [-0.2, 0) is 17.4 Å². The Morgan fingerprint density at radius 1 is 1.12 bits per heavy atom. The van der Waals surface area contributed by atoms with Crippen LogP contribution in [-0.4, -0.2) is 5.91 Å². The van der Waals surface area contributed by atoms with Gasteiger partial charge in [-0.05, 0) is 64.3 Å². The fraction of sp³-hybridized carbons (Fsp3) is 0.278. The summed E-state index contributed by atoms with van der Waals surface area (Å²) < 4.78 is 39.8. The Hall–Kier alpha value is -1.57. The maximum absolute atomic E-state index is 13.0. The molecule has 1 amide bonds. The van der Waals surface area contributed by atoms with Crippen LogP contribution in [0.2, 0.25) is 0 Å². The van der Waals surface area contributed by atoms with Crippen molar-refractivity contribution in [2.45, 2.75) is 25.1 Å². The van der Waals surface area contributed by atoms with Gasteiger partial charge in [0, 0.05) is 9.99 Å². The fourth-order valence-corrected chi connectivity index (χ4v) is 3.77. The van der Waals surface area contributed by atoms with Crippen LogP contribution < -0.4 is 5.32 Å². The Morgan fingerprint density at radius 2 is 1.83 bits per heavy atom. The average Bonchev–Trinajstić information content (AvgIpc) is 2.88. The van der Waals surface area contributed by atoms with Crippen LogP contribution in [0.5, 0.6) is 0 Å². The van der Waals surface area contributed by atoms with Crippen molar-refractivity contribution in [3.8, 4) is 0 Å². The molecular weight excluding hydrogens is 430 g/mol. The third-order valence-corrected chi connectivity index (χ3v) is 5.22. The molecule has 0 spiro atoms. The summed E-state index contributed by atoms with van der Waals surface area (Å²) in [4.78, 5) is 11.9. The molecule has 0 radical (unpaired) electrons. The van der Waals surface area contributed by atoms with Crippen molar-refractivity contribution in [1.29, 1.82) is 0 Å². The van der Waals surface area contributed by atoms with Crippen molar-refractivity contribution in [2.24, 2.45) is 5.92 Å². The Kier molecular flexibility index (Phi) is 4.85. The highest BCUT2D eigenvalue weighted by atomic mass is 127. The van der Waals surface area contributed by atoms with Gasteiger partial charge in [0.2, 0.25) is 5.91 Å². The summed E-state index contributed by atoms with van der Waals surface area (Å²) in [6.07, 6.45) is -3.42. The second-order valence-electron chi connectivity index (χ2n) is 5.93. The van der Waals surface area contributed by atoms with Crippen LogP contribution in [0.25, 0.3) is 0 Å². The van der Waals surface area contributed by atoms with E-state index >= 15 is 0 Å². The van der Waals surface area contributed by atoms with Crippen molar-refractivity contribution in [2.75, 3.05) is 0 Å². The average molecular weight is 445 g/mol. The van der Waals surface area contributed by atoms with Crippen LogP contribution in [0.1, 0.15) is 29.2 Å². The molecule has 0 aromatic heterocycles. The number of hydrogen-bond donors (Lipinski definition) is 1. The van der Waals surface area contributed by atoms with Gasteiger partial charge in [-0.2, -0.15) is 13.2 Å². The zero-order chi connectivity index (χ0) is 17.3. The van der Waals surface area contributed by atoms with Gasteiger partial charge in [0.05, 0.1) is 11.6 Å². The van der Waals surface area contributed by atoms with E-state index in [9.17, 15) is 18.0 Å². The van der Waals surface area contributed by atoms with Crippen LogP contribution >= 0.6 is 22.6 Å². The predicted octanol–water partition coefficient (Wildman–Crippen LogP) is 4.73. The highest BCUT2D eigenvalue weighted by molar-refractivity contribution is 14.1. The van der Waals surface area contributed by atoms with Crippen LogP contribution in [0, 0.1) is 9.49 Å². The molecular formula is C18H15F3INO. The third kappa shape index (κ3) is 3.74. The molecule has 24 heavy (non-hydrogen) atoms. The van der Waals surface area contributed by atoms with E-state index in [0.717, 1.165) is 21.3 Å². The molecule has 0 bridgehead atoms. The monoisotopic (exact) mass is 445 g/mol. The van der Waals surface area contributed by atoms with E-state index in [0.29, 0.717) is 18.4 Å². The molecule has 1 saturated heterocycles. The molecule has 2 nitrogen and oxygen atoms in total. The molecule has 126 valence electrons. The van der Waals surface area contributed by atoms with Gasteiger partial charge in [-0.3, -0.25) is 4.79 Å². The summed E-state index contributed by atoms with van der Waals surface area (Å²) >= 11 is 2.02. The molecule has 1 aliphatic heterocycles. The smallest absolute Gasteiger partial charge is 0.349 e. The Morgan fingerprint density at radius 3 is 2.50 bits per heavy atom. The highest BCUT2D eigenvalue weighted by Crippen LogP contribution is 2.38. The normalized spacial score (nSPS) is 20.9. The summed E-state index contributed by atoms with van der Waals surface area (Å²) in [5.74, 6) is -0.175. The lowest BCUT2D eigenvalue weighted by molar-refractivity contribution is -0.137. The molecule has 2 atom stereocenters. The predicted molar refractivity (Wildman–Crippen MR) is 93.3 cm³/mol. The zero-order valence-corrected chi connectivity index (χ0v) is 14.8. The zero-order valence-electron chi connectivity index (χ0n) is 12.6. The van der Waals surface area contributed by atoms with Crippen molar-refractivity contribution >= 4 is 28.5 Å². The molecule has 2 aromatic rings. The number of rotatable bonds is 3. The van der Waals surface area contributed by atoms with Crippen molar-refractivity contribution in [3.05, 3.63) is 68.8 Å². The molecule has 2 aromatic carbocycles. The van der Waals surface area contributed by atoms with Crippen molar-refractivity contribution in [3.63, 3.8) is 0 Å². The second kappa shape index (κ2) is 6.74. The number of halogens is 4. The Balaban J connectivity index is 1.93. The Labute approximate surface area is 151 Å². The van der Waals surface area contributed by atoms with Gasteiger partial charge in [0.1, 0.15) is 0 Å². The first kappa shape index (κ1) is 17.3. The van der Waals surface area contributed by atoms with Gasteiger partial charge in [-0.15, -0.1) is 0 Å². The minimum atomic E-state index is -4.39. The maximum Gasteiger partial charge on any atom is 0.416 e. The van der Waals surface area contributed by atoms with E-state index in [4.69, 9.17) is 0 Å². The number of amides is 1. The number of carbonyl (C=O) groups is 1. The van der Waals surface area contributed by atoms with Gasteiger partial charge in [-0.1, -0.05) is 30.3 Å². The Bertz CT molecular complexity index is 746. The number of hydrogen-bond acceptors (Lipinski definition) is 1. The number of benzene rings is 2. The van der Waals surface area contributed by atoms with Crippen molar-refractivity contribution in [1.82, 2.24) is 5.32 Å². The molecule has 3 rings (SSSR count). The minimum Gasteiger partial charge on any atom is -0.349 e. The fourth-order valence-electron chi connectivity index (χ4n) is 3.10. The first-order valence-corrected chi connectivity index (χ1v) is 8.62. The molecule has 6 heteroatoms. The van der Waals surface area contributed by atoms with Crippen LogP contribution in [0.4, 0.5) is 13.2 Å². The van der Waals surface area contributed by atoms with Gasteiger partial charge in [-0.25, -0.2) is 0 Å². The molecule has 1 fully saturated rings. The summed E-state index contributed by atoms with van der Waals surface area (Å²) in [5, 5.41) is 2.85. The first-order valence-electron chi connectivity index (χ1n) is 7.54. The van der Waals surface area contributed by atoms with E-state index in [-0.39, 0.29) is 11.8 Å². The van der Waals surface area contributed by atoms with Gasteiger partial charge in [0.15, 0.2) is 0 Å². The third-order valence-electron chi connectivity index (χ3n) is 4.23. The molecule has 0 aliphatic carbocycles. The van der Waals surface area contributed by atoms with E-state index in [2.05, 4.69) is 5.32 Å². The van der Waals surface area contributed by atoms with Crippen molar-refractivity contribution < 1.29 is 18.0 Å². The summed E-state index contributed by atoms with van der Waals surface area (Å²) in [6, 6.07) is 13.0. The van der Waals surface area contributed by atoms with Gasteiger partial charge >= 0.3 is 6.18 Å². The van der Waals surface area contributed by atoms with E-state index in [1.54, 1.807) is 0 Å². The van der Waals surface area contributed by atoms with E-state index < -0.39 is 17.8 Å². The van der Waals surface area contributed by atoms with Gasteiger partial charge in [0.25, 0.3) is 0 Å². The SMILES string of the molecule is O=C1C[C@@H](Cc2ccccc2)[C@H](c2cc(C(F)(F)F)ccc2I)N1. The lowest BCUT2D eigenvalue weighted by Gasteiger charge is -2.22. The molecule has 0 saturated carbocycles. The first-order chi connectivity index (χ1) is 11.3. The highest BCUT2D eigenvalue weighted by Gasteiger charge is 2.37. The number of nitrogens with one attached hydrogen (secondary N) is 1. The van der Waals surface area contributed by atoms with Gasteiger partial charge < -0.3 is 5.32 Å². The summed E-state index contributed by atoms with van der Waals surface area (Å²) in [6.45, 7) is 0. The largest absolute Gasteiger partial charge is 0.416 e. The lowest BCUT2D eigenvalue weighted by Crippen LogP contribution is -2.23. The van der Waals surface area contributed by atoms with E-state index in [1.165, 1.54) is 6.07 Å². The molecule has 1 aliphatic rings. The standard InChI is InChI=1S/C18H15F3INO/c19-18(20,21)13-6-7-15(22)14(10-13)17-12(9-16(24)23-17)8-11-4-2-1-3-5-11/h1-7,10,12,17H,8-9H2,(H,23,24)/t12-,17-/m1/s1. The molecule has 1 heterocycles. The summed E-state index contributed by atoms with van der Waals surface area (Å²) in [5.41, 5.74) is 0.931. The topological polar surface area (TPSA) is 29.1 Å². The maximum atomic E-state index is 13.0. The minimum absolute atomic E-state index is 0.0584. The van der Waals surface area contributed by atoms with Crippen LogP contribution in [0.15, 0.2) is 48.5 Å². The molecule has 1 N–H and O–H groups in total.